The Labute approximate surface area is 152 Å². The van der Waals surface area contributed by atoms with Crippen molar-refractivity contribution in [2.45, 2.75) is 25.6 Å². The second-order valence-corrected chi connectivity index (χ2v) is 9.04. The van der Waals surface area contributed by atoms with Crippen LogP contribution in [0.3, 0.4) is 0 Å². The molecule has 2 heterocycles. The first kappa shape index (κ1) is 21.2. The van der Waals surface area contributed by atoms with Crippen molar-refractivity contribution in [1.29, 1.82) is 0 Å². The van der Waals surface area contributed by atoms with E-state index in [2.05, 4.69) is 20.5 Å². The van der Waals surface area contributed by atoms with Gasteiger partial charge in [-0.1, -0.05) is 0 Å². The van der Waals surface area contributed by atoms with E-state index < -0.39 is 22.6 Å². The van der Waals surface area contributed by atoms with Crippen LogP contribution in [-0.2, 0) is 9.84 Å². The van der Waals surface area contributed by atoms with E-state index in [4.69, 9.17) is 0 Å². The van der Waals surface area contributed by atoms with Crippen LogP contribution in [-0.4, -0.2) is 100 Å². The summed E-state index contributed by atoms with van der Waals surface area (Å²) in [5.41, 5.74) is 0. The number of hydrogen-bond acceptors (Lipinski definition) is 5. The van der Waals surface area contributed by atoms with Gasteiger partial charge in [0, 0.05) is 45.3 Å². The molecule has 2 saturated heterocycles. The highest BCUT2D eigenvalue weighted by molar-refractivity contribution is 7.91. The normalized spacial score (nSPS) is 25.4. The fourth-order valence-electron chi connectivity index (χ4n) is 3.14. The van der Waals surface area contributed by atoms with Gasteiger partial charge < -0.3 is 10.6 Å². The molecular weight excluding hydrogens is 371 g/mol. The Kier molecular flexibility index (Phi) is 7.53. The van der Waals surface area contributed by atoms with Crippen LogP contribution < -0.4 is 10.6 Å². The van der Waals surface area contributed by atoms with Gasteiger partial charge in [-0.05, 0) is 13.3 Å². The van der Waals surface area contributed by atoms with Crippen molar-refractivity contribution in [3.8, 4) is 0 Å². The first-order chi connectivity index (χ1) is 12.2. The van der Waals surface area contributed by atoms with Crippen LogP contribution in [0.25, 0.3) is 0 Å². The molecule has 0 aromatic carbocycles. The van der Waals surface area contributed by atoms with Gasteiger partial charge in [0.15, 0.2) is 15.8 Å². The zero-order valence-corrected chi connectivity index (χ0v) is 15.9. The lowest BCUT2D eigenvalue weighted by molar-refractivity contribution is -0.143. The van der Waals surface area contributed by atoms with Gasteiger partial charge in [-0.3, -0.25) is 14.8 Å². The summed E-state index contributed by atoms with van der Waals surface area (Å²) in [5, 5.41) is 6.31. The molecule has 1 unspecified atom stereocenters. The SMILES string of the molecule is CCNC(=NCCN1CCS(=O)(=O)CC1)NC1CCN(CC(F)(F)F)C1. The average Bonchev–Trinajstić information content (AvgIpc) is 2.94. The maximum absolute atomic E-state index is 12.5. The van der Waals surface area contributed by atoms with Gasteiger partial charge in [-0.15, -0.1) is 0 Å². The Morgan fingerprint density at radius 2 is 1.88 bits per heavy atom. The molecule has 11 heteroatoms. The van der Waals surface area contributed by atoms with Crippen molar-refractivity contribution < 1.29 is 21.6 Å². The zero-order valence-electron chi connectivity index (χ0n) is 15.1. The monoisotopic (exact) mass is 399 g/mol. The molecule has 1 atom stereocenters. The van der Waals surface area contributed by atoms with Gasteiger partial charge in [-0.2, -0.15) is 13.2 Å². The summed E-state index contributed by atoms with van der Waals surface area (Å²) in [7, 11) is -2.89. The van der Waals surface area contributed by atoms with E-state index in [1.165, 1.54) is 4.90 Å². The second-order valence-electron chi connectivity index (χ2n) is 6.73. The Balaban J connectivity index is 1.76. The van der Waals surface area contributed by atoms with Crippen molar-refractivity contribution in [3.05, 3.63) is 0 Å². The molecule has 2 fully saturated rings. The van der Waals surface area contributed by atoms with Gasteiger partial charge >= 0.3 is 6.18 Å². The van der Waals surface area contributed by atoms with E-state index in [1.807, 2.05) is 6.92 Å². The Bertz CT molecular complexity index is 568. The number of likely N-dealkylation sites (tertiary alicyclic amines) is 1. The molecule has 2 aliphatic heterocycles. The lowest BCUT2D eigenvalue weighted by atomic mass is 10.3. The van der Waals surface area contributed by atoms with Crippen LogP contribution in [0, 0.1) is 0 Å². The third-order valence-corrected chi connectivity index (χ3v) is 6.09. The molecule has 0 aromatic heterocycles. The van der Waals surface area contributed by atoms with Crippen LogP contribution in [0.15, 0.2) is 4.99 Å². The number of halogens is 3. The zero-order chi connectivity index (χ0) is 19.2. The molecule has 152 valence electrons. The number of hydrogen-bond donors (Lipinski definition) is 2. The summed E-state index contributed by atoms with van der Waals surface area (Å²) < 4.78 is 60.2. The van der Waals surface area contributed by atoms with Crippen molar-refractivity contribution in [3.63, 3.8) is 0 Å². The topological polar surface area (TPSA) is 77.0 Å². The molecule has 0 aromatic rings. The summed E-state index contributed by atoms with van der Waals surface area (Å²) >= 11 is 0. The van der Waals surface area contributed by atoms with Gasteiger partial charge in [0.25, 0.3) is 0 Å². The van der Waals surface area contributed by atoms with E-state index in [0.29, 0.717) is 58.2 Å². The van der Waals surface area contributed by atoms with E-state index in [9.17, 15) is 21.6 Å². The first-order valence-corrected chi connectivity index (χ1v) is 10.8. The molecule has 0 spiro atoms. The molecule has 0 saturated carbocycles. The Morgan fingerprint density at radius 1 is 1.19 bits per heavy atom. The highest BCUT2D eigenvalue weighted by Gasteiger charge is 2.34. The Hall–Kier alpha value is -1.07. The van der Waals surface area contributed by atoms with Crippen LogP contribution in [0.5, 0.6) is 0 Å². The second kappa shape index (κ2) is 9.23. The molecule has 7 nitrogen and oxygen atoms in total. The minimum Gasteiger partial charge on any atom is -0.357 e. The van der Waals surface area contributed by atoms with Crippen molar-refractivity contribution >= 4 is 15.8 Å². The van der Waals surface area contributed by atoms with Crippen molar-refractivity contribution in [2.75, 3.05) is 63.9 Å². The van der Waals surface area contributed by atoms with E-state index in [1.54, 1.807) is 0 Å². The number of nitrogens with zero attached hydrogens (tertiary/aromatic N) is 3. The molecular formula is C15H28F3N5O2S. The van der Waals surface area contributed by atoms with Crippen LogP contribution in [0.4, 0.5) is 13.2 Å². The lowest BCUT2D eigenvalue weighted by Crippen LogP contribution is -2.46. The molecule has 0 amide bonds. The largest absolute Gasteiger partial charge is 0.401 e. The van der Waals surface area contributed by atoms with Gasteiger partial charge in [-0.25, -0.2) is 8.42 Å². The highest BCUT2D eigenvalue weighted by Crippen LogP contribution is 2.19. The molecule has 0 aliphatic carbocycles. The molecule has 0 radical (unpaired) electrons. The maximum atomic E-state index is 12.5. The summed E-state index contributed by atoms with van der Waals surface area (Å²) in [6, 6.07) is -0.0599. The maximum Gasteiger partial charge on any atom is 0.401 e. The van der Waals surface area contributed by atoms with E-state index in [0.717, 1.165) is 0 Å². The molecule has 2 aliphatic rings. The summed E-state index contributed by atoms with van der Waals surface area (Å²) in [6.45, 7) is 4.69. The number of aliphatic imine (C=N–C) groups is 1. The average molecular weight is 399 g/mol. The predicted molar refractivity (Wildman–Crippen MR) is 95.1 cm³/mol. The van der Waals surface area contributed by atoms with E-state index in [-0.39, 0.29) is 17.5 Å². The summed E-state index contributed by atoms with van der Waals surface area (Å²) in [4.78, 5) is 7.93. The summed E-state index contributed by atoms with van der Waals surface area (Å²) in [6.07, 6.45) is -3.53. The molecule has 0 bridgehead atoms. The molecule has 2 N–H and O–H groups in total. The standard InChI is InChI=1S/C15H28F3N5O2S/c1-2-19-14(20-4-6-22-7-9-26(24,25)10-8-22)21-13-3-5-23(11-13)12-15(16,17)18/h13H,2-12H2,1H3,(H2,19,20,21). The van der Waals surface area contributed by atoms with Gasteiger partial charge in [0.1, 0.15) is 0 Å². The fraction of sp³-hybridized carbons (Fsp3) is 0.933. The molecule has 26 heavy (non-hydrogen) atoms. The number of alkyl halides is 3. The summed E-state index contributed by atoms with van der Waals surface area (Å²) in [5.74, 6) is 0.967. The van der Waals surface area contributed by atoms with Crippen LogP contribution >= 0.6 is 0 Å². The number of rotatable bonds is 6. The smallest absolute Gasteiger partial charge is 0.357 e. The van der Waals surface area contributed by atoms with Crippen LogP contribution in [0.2, 0.25) is 0 Å². The third-order valence-electron chi connectivity index (χ3n) is 4.48. The van der Waals surface area contributed by atoms with Crippen molar-refractivity contribution in [1.82, 2.24) is 20.4 Å². The first-order valence-electron chi connectivity index (χ1n) is 8.93. The van der Waals surface area contributed by atoms with E-state index >= 15 is 0 Å². The highest BCUT2D eigenvalue weighted by atomic mass is 32.2. The predicted octanol–water partition coefficient (Wildman–Crippen LogP) is -0.0915. The van der Waals surface area contributed by atoms with Gasteiger partial charge in [0.2, 0.25) is 0 Å². The van der Waals surface area contributed by atoms with Crippen molar-refractivity contribution in [2.24, 2.45) is 4.99 Å². The fourth-order valence-corrected chi connectivity index (χ4v) is 4.41. The quantitative estimate of drug-likeness (QED) is 0.480. The Morgan fingerprint density at radius 3 is 2.50 bits per heavy atom. The lowest BCUT2D eigenvalue weighted by Gasteiger charge is -2.26. The van der Waals surface area contributed by atoms with Crippen LogP contribution in [0.1, 0.15) is 13.3 Å². The number of guanidine groups is 1. The molecule has 2 rings (SSSR count). The minimum atomic E-state index is -4.17. The van der Waals surface area contributed by atoms with Gasteiger partial charge in [0.05, 0.1) is 24.6 Å². The minimum absolute atomic E-state index is 0.0599. The third kappa shape index (κ3) is 7.67. The number of sulfone groups is 1. The number of nitrogens with one attached hydrogen (secondary N) is 2.